The maximum Gasteiger partial charge on any atom is 0.0607 e. The van der Waals surface area contributed by atoms with Crippen LogP contribution in [-0.4, -0.2) is 5.71 Å². The second-order valence-electron chi connectivity index (χ2n) is 1.77. The molecule has 0 unspecified atom stereocenters. The summed E-state index contributed by atoms with van der Waals surface area (Å²) in [5.41, 5.74) is 0.504. The molecule has 9 heavy (non-hydrogen) atoms. The molecule has 0 radical (unpaired) electrons. The van der Waals surface area contributed by atoms with Gasteiger partial charge in [0.15, 0.2) is 0 Å². The lowest BCUT2D eigenvalue weighted by atomic mass is 10.1. The van der Waals surface area contributed by atoms with Crippen molar-refractivity contribution in [2.75, 3.05) is 0 Å². The Labute approximate surface area is 63.5 Å². The summed E-state index contributed by atoms with van der Waals surface area (Å²) < 4.78 is 0. The summed E-state index contributed by atoms with van der Waals surface area (Å²) in [6.45, 7) is 0. The number of halogens is 2. The molecule has 0 aromatic carbocycles. The molecule has 3 heteroatoms. The Morgan fingerprint density at radius 1 is 1.33 bits per heavy atom. The molecule has 1 aliphatic rings. The lowest BCUT2D eigenvalue weighted by Crippen LogP contribution is -1.95. The zero-order valence-corrected chi connectivity index (χ0v) is 6.13. The molecule has 1 N–H and O–H groups in total. The fourth-order valence-corrected chi connectivity index (χ4v) is 0.918. The zero-order valence-electron chi connectivity index (χ0n) is 4.62. The van der Waals surface area contributed by atoms with Crippen molar-refractivity contribution >= 4 is 28.9 Å². The second kappa shape index (κ2) is 2.54. The summed E-state index contributed by atoms with van der Waals surface area (Å²) in [5.74, 6) is 0. The van der Waals surface area contributed by atoms with Crippen LogP contribution in [0.25, 0.3) is 0 Å². The highest BCUT2D eigenvalue weighted by molar-refractivity contribution is 6.45. The Kier molecular flexibility index (Phi) is 1.94. The molecule has 48 valence electrons. The Morgan fingerprint density at radius 2 is 2.00 bits per heavy atom. The predicted molar refractivity (Wildman–Crippen MR) is 40.2 cm³/mol. The molecular weight excluding hydrogens is 157 g/mol. The van der Waals surface area contributed by atoms with Crippen LogP contribution in [0.4, 0.5) is 0 Å². The number of nitrogens with one attached hydrogen (secondary N) is 1. The Balaban J connectivity index is 2.87. The minimum Gasteiger partial charge on any atom is -0.305 e. The van der Waals surface area contributed by atoms with Gasteiger partial charge in [-0.15, -0.1) is 0 Å². The van der Waals surface area contributed by atoms with Gasteiger partial charge in [0.05, 0.1) is 10.1 Å². The van der Waals surface area contributed by atoms with Crippen LogP contribution in [-0.2, 0) is 0 Å². The van der Waals surface area contributed by atoms with Crippen LogP contribution in [0.5, 0.6) is 0 Å². The number of rotatable bonds is 0. The van der Waals surface area contributed by atoms with E-state index in [2.05, 4.69) is 0 Å². The molecule has 1 nitrogen and oxygen atoms in total. The van der Waals surface area contributed by atoms with Crippen LogP contribution < -0.4 is 0 Å². The van der Waals surface area contributed by atoms with Crippen LogP contribution in [0.1, 0.15) is 6.42 Å². The number of hydrogen-bond acceptors (Lipinski definition) is 1. The van der Waals surface area contributed by atoms with Crippen molar-refractivity contribution in [1.82, 2.24) is 0 Å². The van der Waals surface area contributed by atoms with Gasteiger partial charge in [-0.25, -0.2) is 0 Å². The van der Waals surface area contributed by atoms with Crippen molar-refractivity contribution in [1.29, 1.82) is 5.41 Å². The van der Waals surface area contributed by atoms with Gasteiger partial charge in [0, 0.05) is 12.1 Å². The van der Waals surface area contributed by atoms with E-state index < -0.39 is 0 Å². The first-order chi connectivity index (χ1) is 4.20. The molecular formula is C6H5Cl2N. The van der Waals surface area contributed by atoms with Gasteiger partial charge in [-0.3, -0.25) is 0 Å². The van der Waals surface area contributed by atoms with Gasteiger partial charge in [0.1, 0.15) is 0 Å². The van der Waals surface area contributed by atoms with Gasteiger partial charge in [0.2, 0.25) is 0 Å². The van der Waals surface area contributed by atoms with Gasteiger partial charge in [-0.2, -0.15) is 0 Å². The van der Waals surface area contributed by atoms with E-state index in [0.29, 0.717) is 22.2 Å². The third-order valence-electron chi connectivity index (χ3n) is 1.03. The Hall–Kier alpha value is -0.270. The second-order valence-corrected chi connectivity index (χ2v) is 2.59. The fraction of sp³-hybridized carbons (Fsp3) is 0.167. The van der Waals surface area contributed by atoms with E-state index in [9.17, 15) is 0 Å². The van der Waals surface area contributed by atoms with E-state index in [1.54, 1.807) is 12.2 Å². The van der Waals surface area contributed by atoms with E-state index in [0.717, 1.165) is 0 Å². The third-order valence-corrected chi connectivity index (χ3v) is 1.80. The lowest BCUT2D eigenvalue weighted by Gasteiger charge is -2.03. The molecule has 0 saturated carbocycles. The minimum atomic E-state index is 0.466. The summed E-state index contributed by atoms with van der Waals surface area (Å²) in [6, 6.07) is 0. The molecule has 0 aromatic heterocycles. The first-order valence-corrected chi connectivity index (χ1v) is 3.26. The van der Waals surface area contributed by atoms with Gasteiger partial charge in [-0.1, -0.05) is 29.3 Å². The van der Waals surface area contributed by atoms with E-state index >= 15 is 0 Å². The van der Waals surface area contributed by atoms with Gasteiger partial charge < -0.3 is 5.41 Å². The van der Waals surface area contributed by atoms with Crippen molar-refractivity contribution in [3.05, 3.63) is 22.2 Å². The molecule has 0 aliphatic heterocycles. The summed E-state index contributed by atoms with van der Waals surface area (Å²) in [6.07, 6.45) is 3.88. The van der Waals surface area contributed by atoms with Crippen molar-refractivity contribution < 1.29 is 0 Å². The predicted octanol–water partition coefficient (Wildman–Crippen LogP) is 2.66. The Bertz CT molecular complexity index is 203. The van der Waals surface area contributed by atoms with Gasteiger partial charge >= 0.3 is 0 Å². The van der Waals surface area contributed by atoms with Crippen molar-refractivity contribution in [3.63, 3.8) is 0 Å². The largest absolute Gasteiger partial charge is 0.305 e. The fourth-order valence-electron chi connectivity index (χ4n) is 0.578. The van der Waals surface area contributed by atoms with Crippen LogP contribution in [0.2, 0.25) is 0 Å². The van der Waals surface area contributed by atoms with E-state index in [1.807, 2.05) is 0 Å². The molecule has 1 aliphatic carbocycles. The molecule has 0 heterocycles. The molecule has 0 aromatic rings. The van der Waals surface area contributed by atoms with Crippen molar-refractivity contribution in [2.45, 2.75) is 6.42 Å². The quantitative estimate of drug-likeness (QED) is 0.566. The summed E-state index contributed by atoms with van der Waals surface area (Å²) in [5, 5.41) is 8.16. The van der Waals surface area contributed by atoms with Crippen LogP contribution >= 0.6 is 23.2 Å². The van der Waals surface area contributed by atoms with E-state index in [1.165, 1.54) is 0 Å². The normalized spacial score (nSPS) is 19.1. The molecule has 1 rings (SSSR count). The standard InChI is InChI=1S/C6H5Cl2N/c7-5-2-1-4(9)3-6(5)8/h2-3,9H,1H2. The maximum atomic E-state index is 7.14. The van der Waals surface area contributed by atoms with Crippen LogP contribution in [0, 0.1) is 5.41 Å². The topological polar surface area (TPSA) is 23.9 Å². The molecule has 0 atom stereocenters. The highest BCUT2D eigenvalue weighted by Crippen LogP contribution is 2.23. The number of allylic oxidation sites excluding steroid dienone is 4. The van der Waals surface area contributed by atoms with Gasteiger partial charge in [0.25, 0.3) is 0 Å². The zero-order chi connectivity index (χ0) is 6.85. The smallest absolute Gasteiger partial charge is 0.0607 e. The monoisotopic (exact) mass is 161 g/mol. The lowest BCUT2D eigenvalue weighted by molar-refractivity contribution is 1.35. The third kappa shape index (κ3) is 1.57. The molecule has 0 spiro atoms. The number of hydrogen-bond donors (Lipinski definition) is 1. The average molecular weight is 162 g/mol. The average Bonchev–Trinajstić information content (AvgIpc) is 1.80. The molecule has 0 fully saturated rings. The highest BCUT2D eigenvalue weighted by Gasteiger charge is 2.05. The van der Waals surface area contributed by atoms with Crippen LogP contribution in [0.3, 0.4) is 0 Å². The minimum absolute atomic E-state index is 0.466. The van der Waals surface area contributed by atoms with Crippen LogP contribution in [0.15, 0.2) is 22.2 Å². The van der Waals surface area contributed by atoms with Crippen molar-refractivity contribution in [3.8, 4) is 0 Å². The maximum absolute atomic E-state index is 7.14. The van der Waals surface area contributed by atoms with E-state index in [-0.39, 0.29) is 0 Å². The summed E-state index contributed by atoms with van der Waals surface area (Å²) in [4.78, 5) is 0. The Morgan fingerprint density at radius 3 is 2.44 bits per heavy atom. The first-order valence-electron chi connectivity index (χ1n) is 2.51. The molecule has 0 bridgehead atoms. The van der Waals surface area contributed by atoms with Gasteiger partial charge in [-0.05, 0) is 6.08 Å². The molecule has 0 saturated heterocycles. The van der Waals surface area contributed by atoms with E-state index in [4.69, 9.17) is 28.6 Å². The summed E-state index contributed by atoms with van der Waals surface area (Å²) >= 11 is 11.2. The van der Waals surface area contributed by atoms with Crippen molar-refractivity contribution in [2.24, 2.45) is 0 Å². The first kappa shape index (κ1) is 6.84. The SMILES string of the molecule is N=C1C=C(Cl)C(Cl)=CC1. The molecule has 0 amide bonds. The highest BCUT2D eigenvalue weighted by atomic mass is 35.5. The summed E-state index contributed by atoms with van der Waals surface area (Å²) in [7, 11) is 0.